The standard InChI is InChI=1S/C30H32O4/c1-4-7-9-22-11-16-26(17-12-22)33-29(31)25-15-20-28(24(6-3)21-25)30(32)34-27-18-13-23(14-19-27)10-8-5-2/h6,11-21H,3-5,7-10H2,1-2H3. The molecule has 4 heteroatoms. The maximum atomic E-state index is 12.7. The van der Waals surface area contributed by atoms with Crippen molar-refractivity contribution in [3.8, 4) is 11.5 Å². The SMILES string of the molecule is C=Cc1cc(C(=O)Oc2ccc(CCCC)cc2)ccc1C(=O)Oc1ccc(CCCC)cc1. The van der Waals surface area contributed by atoms with Crippen molar-refractivity contribution >= 4 is 18.0 Å². The van der Waals surface area contributed by atoms with Crippen LogP contribution < -0.4 is 9.47 Å². The first-order valence-corrected chi connectivity index (χ1v) is 11.9. The van der Waals surface area contributed by atoms with Gasteiger partial charge in [0.25, 0.3) is 0 Å². The zero-order chi connectivity index (χ0) is 24.3. The van der Waals surface area contributed by atoms with Gasteiger partial charge in [-0.3, -0.25) is 0 Å². The number of carbonyl (C=O) groups is 2. The minimum atomic E-state index is -0.501. The van der Waals surface area contributed by atoms with Crippen molar-refractivity contribution < 1.29 is 19.1 Å². The Morgan fingerprint density at radius 1 is 0.735 bits per heavy atom. The third-order valence-electron chi connectivity index (χ3n) is 5.63. The van der Waals surface area contributed by atoms with Gasteiger partial charge in [-0.2, -0.15) is 0 Å². The zero-order valence-electron chi connectivity index (χ0n) is 20.0. The van der Waals surface area contributed by atoms with Crippen LogP contribution in [0.25, 0.3) is 6.08 Å². The highest BCUT2D eigenvalue weighted by Gasteiger charge is 2.16. The van der Waals surface area contributed by atoms with Gasteiger partial charge in [0.05, 0.1) is 11.1 Å². The number of aryl methyl sites for hydroxylation is 2. The van der Waals surface area contributed by atoms with Crippen molar-refractivity contribution in [3.05, 3.63) is 101 Å². The highest BCUT2D eigenvalue weighted by atomic mass is 16.5. The fourth-order valence-corrected chi connectivity index (χ4v) is 3.58. The molecule has 3 aromatic carbocycles. The van der Waals surface area contributed by atoms with Gasteiger partial charge in [0, 0.05) is 0 Å². The molecule has 0 atom stereocenters. The number of esters is 2. The fraction of sp³-hybridized carbons (Fsp3) is 0.267. The van der Waals surface area contributed by atoms with Crippen LogP contribution in [0.4, 0.5) is 0 Å². The van der Waals surface area contributed by atoms with E-state index in [2.05, 4.69) is 20.4 Å². The largest absolute Gasteiger partial charge is 0.423 e. The molecule has 4 nitrogen and oxygen atoms in total. The monoisotopic (exact) mass is 456 g/mol. The van der Waals surface area contributed by atoms with Crippen LogP contribution in [-0.4, -0.2) is 11.9 Å². The van der Waals surface area contributed by atoms with Crippen molar-refractivity contribution in [2.24, 2.45) is 0 Å². The Bertz CT molecular complexity index is 1110. The molecule has 3 aromatic rings. The second-order valence-corrected chi connectivity index (χ2v) is 8.28. The molecule has 0 radical (unpaired) electrons. The van der Waals surface area contributed by atoms with Crippen LogP contribution in [0.15, 0.2) is 73.3 Å². The molecule has 0 aliphatic rings. The Morgan fingerprint density at radius 2 is 1.24 bits per heavy atom. The minimum Gasteiger partial charge on any atom is -0.423 e. The van der Waals surface area contributed by atoms with Gasteiger partial charge >= 0.3 is 11.9 Å². The normalized spacial score (nSPS) is 10.5. The van der Waals surface area contributed by atoms with Gasteiger partial charge in [-0.25, -0.2) is 9.59 Å². The summed E-state index contributed by atoms with van der Waals surface area (Å²) in [6, 6.07) is 19.8. The van der Waals surface area contributed by atoms with Crippen LogP contribution in [0.1, 0.15) is 76.9 Å². The highest BCUT2D eigenvalue weighted by molar-refractivity contribution is 5.98. The lowest BCUT2D eigenvalue weighted by Gasteiger charge is -2.10. The van der Waals surface area contributed by atoms with E-state index in [1.807, 2.05) is 24.3 Å². The van der Waals surface area contributed by atoms with Crippen LogP contribution in [0.2, 0.25) is 0 Å². The van der Waals surface area contributed by atoms with Gasteiger partial charge in [-0.05, 0) is 84.8 Å². The maximum Gasteiger partial charge on any atom is 0.344 e. The van der Waals surface area contributed by atoms with E-state index in [4.69, 9.17) is 9.47 Å². The predicted octanol–water partition coefficient (Wildman–Crippen LogP) is 7.45. The molecule has 0 N–H and O–H groups in total. The molecule has 0 saturated heterocycles. The fourth-order valence-electron chi connectivity index (χ4n) is 3.58. The van der Waals surface area contributed by atoms with Crippen molar-refractivity contribution in [1.82, 2.24) is 0 Å². The summed E-state index contributed by atoms with van der Waals surface area (Å²) in [6.45, 7) is 8.09. The quantitative estimate of drug-likeness (QED) is 0.222. The van der Waals surface area contributed by atoms with Crippen LogP contribution in [0.3, 0.4) is 0 Å². The summed E-state index contributed by atoms with van der Waals surface area (Å²) in [5, 5.41) is 0. The summed E-state index contributed by atoms with van der Waals surface area (Å²) in [4.78, 5) is 25.4. The van der Waals surface area contributed by atoms with Crippen LogP contribution in [-0.2, 0) is 12.8 Å². The maximum absolute atomic E-state index is 12.7. The Balaban J connectivity index is 1.66. The number of ether oxygens (including phenoxy) is 2. The number of carbonyl (C=O) groups excluding carboxylic acids is 2. The molecule has 0 saturated carbocycles. The minimum absolute atomic E-state index is 0.335. The molecule has 0 aliphatic carbocycles. The van der Waals surface area contributed by atoms with Crippen molar-refractivity contribution in [2.45, 2.75) is 52.4 Å². The number of rotatable bonds is 11. The third kappa shape index (κ3) is 6.92. The number of unbranched alkanes of at least 4 members (excludes halogenated alkanes) is 2. The summed E-state index contributed by atoms with van der Waals surface area (Å²) < 4.78 is 11.0. The number of hydrogen-bond donors (Lipinski definition) is 0. The summed E-state index contributed by atoms with van der Waals surface area (Å²) in [7, 11) is 0. The Labute approximate surface area is 202 Å². The molecule has 0 aromatic heterocycles. The molecule has 3 rings (SSSR count). The Kier molecular flexibility index (Phi) is 9.21. The van der Waals surface area contributed by atoms with E-state index in [9.17, 15) is 9.59 Å². The summed E-state index contributed by atoms with van der Waals surface area (Å²) in [5.74, 6) is -0.0341. The van der Waals surface area contributed by atoms with Gasteiger partial charge in [0.2, 0.25) is 0 Å². The average Bonchev–Trinajstić information content (AvgIpc) is 2.87. The van der Waals surface area contributed by atoms with Gasteiger partial charge in [0.1, 0.15) is 11.5 Å². The van der Waals surface area contributed by atoms with E-state index in [0.29, 0.717) is 28.2 Å². The molecule has 0 bridgehead atoms. The second kappa shape index (κ2) is 12.5. The predicted molar refractivity (Wildman–Crippen MR) is 137 cm³/mol. The Hall–Kier alpha value is -3.66. The molecule has 0 heterocycles. The lowest BCUT2D eigenvalue weighted by Crippen LogP contribution is -2.13. The highest BCUT2D eigenvalue weighted by Crippen LogP contribution is 2.21. The summed E-state index contributed by atoms with van der Waals surface area (Å²) >= 11 is 0. The lowest BCUT2D eigenvalue weighted by atomic mass is 10.0. The molecular weight excluding hydrogens is 424 g/mol. The first-order chi connectivity index (χ1) is 16.5. The van der Waals surface area contributed by atoms with Crippen LogP contribution in [0, 0.1) is 0 Å². The van der Waals surface area contributed by atoms with Gasteiger partial charge < -0.3 is 9.47 Å². The zero-order valence-corrected chi connectivity index (χ0v) is 20.0. The molecular formula is C30H32O4. The summed E-state index contributed by atoms with van der Waals surface area (Å²) in [5.41, 5.74) is 3.61. The molecule has 34 heavy (non-hydrogen) atoms. The van der Waals surface area contributed by atoms with Gasteiger partial charge in [0.15, 0.2) is 0 Å². The van der Waals surface area contributed by atoms with Gasteiger partial charge in [-0.1, -0.05) is 63.6 Å². The van der Waals surface area contributed by atoms with E-state index in [0.717, 1.165) is 38.5 Å². The Morgan fingerprint density at radius 3 is 1.71 bits per heavy atom. The van der Waals surface area contributed by atoms with E-state index in [-0.39, 0.29) is 0 Å². The molecule has 176 valence electrons. The van der Waals surface area contributed by atoms with Crippen LogP contribution >= 0.6 is 0 Å². The topological polar surface area (TPSA) is 52.6 Å². The molecule has 0 unspecified atom stereocenters. The van der Waals surface area contributed by atoms with E-state index in [1.165, 1.54) is 17.2 Å². The lowest BCUT2D eigenvalue weighted by molar-refractivity contribution is 0.0720. The molecule has 0 fully saturated rings. The van der Waals surface area contributed by atoms with E-state index in [1.54, 1.807) is 42.5 Å². The van der Waals surface area contributed by atoms with Crippen molar-refractivity contribution in [2.75, 3.05) is 0 Å². The van der Waals surface area contributed by atoms with Crippen LogP contribution in [0.5, 0.6) is 11.5 Å². The smallest absolute Gasteiger partial charge is 0.344 e. The van der Waals surface area contributed by atoms with E-state index < -0.39 is 11.9 Å². The third-order valence-corrected chi connectivity index (χ3v) is 5.63. The van der Waals surface area contributed by atoms with E-state index >= 15 is 0 Å². The van der Waals surface area contributed by atoms with Crippen molar-refractivity contribution in [1.29, 1.82) is 0 Å². The first-order valence-electron chi connectivity index (χ1n) is 11.9. The molecule has 0 amide bonds. The summed E-state index contributed by atoms with van der Waals surface area (Å²) in [6.07, 6.45) is 8.07. The molecule has 0 aliphatic heterocycles. The first kappa shape index (κ1) is 25.0. The van der Waals surface area contributed by atoms with Gasteiger partial charge in [-0.15, -0.1) is 0 Å². The number of hydrogen-bond acceptors (Lipinski definition) is 4. The van der Waals surface area contributed by atoms with Crippen molar-refractivity contribution in [3.63, 3.8) is 0 Å². The average molecular weight is 457 g/mol. The molecule has 0 spiro atoms. The number of benzene rings is 3. The second-order valence-electron chi connectivity index (χ2n) is 8.28.